The van der Waals surface area contributed by atoms with E-state index in [-0.39, 0.29) is 22.9 Å². The molecule has 1 amide bonds. The fourth-order valence-electron chi connectivity index (χ4n) is 3.77. The van der Waals surface area contributed by atoms with Gasteiger partial charge in [-0.3, -0.25) is 4.79 Å². The molecule has 186 valence electrons. The van der Waals surface area contributed by atoms with Crippen LogP contribution in [0.3, 0.4) is 0 Å². The lowest BCUT2D eigenvalue weighted by Gasteiger charge is -2.19. The number of benzene rings is 1. The number of carbonyl (C=O) groups is 2. The average molecular weight is 529 g/mol. The number of imidazole rings is 1. The number of amides is 1. The van der Waals surface area contributed by atoms with Crippen LogP contribution in [0.15, 0.2) is 45.9 Å². The molecule has 5 rings (SSSR count). The Labute approximate surface area is 211 Å². The van der Waals surface area contributed by atoms with Crippen LogP contribution in [0.5, 0.6) is 17.4 Å². The van der Waals surface area contributed by atoms with Gasteiger partial charge in [0.05, 0.1) is 7.11 Å². The number of nitrogens with one attached hydrogen (secondary N) is 2. The van der Waals surface area contributed by atoms with E-state index in [4.69, 9.17) is 9.47 Å². The van der Waals surface area contributed by atoms with E-state index in [2.05, 4.69) is 20.0 Å². The maximum atomic E-state index is 13.4. The summed E-state index contributed by atoms with van der Waals surface area (Å²) in [5.74, 6) is -0.562. The predicted molar refractivity (Wildman–Crippen MR) is 132 cm³/mol. The quantitative estimate of drug-likeness (QED) is 0.311. The summed E-state index contributed by atoms with van der Waals surface area (Å²) in [4.78, 5) is 45.6. The van der Waals surface area contributed by atoms with Crippen molar-refractivity contribution in [3.63, 3.8) is 0 Å². The lowest BCUT2D eigenvalue weighted by atomic mass is 10.1. The minimum Gasteiger partial charge on any atom is -0.493 e. The molecule has 4 aromatic rings. The molecule has 1 aromatic carbocycles. The van der Waals surface area contributed by atoms with Gasteiger partial charge in [0, 0.05) is 22.2 Å². The molecule has 0 aliphatic carbocycles. The molecule has 0 saturated heterocycles. The standard InChI is InChI=1S/C23H20N4O7S2/c1-32-21(30)14-11-36-22(24-14)26-19(28)15(10-13-3-2-8-35-13)27-20(29)18(25-23(27)31)12-4-5-16-17(9-12)34-7-6-33-16/h2-5,8-9,11,15,29H,6-7,10H2,1H3,(H,25,31)(H,24,26,28)/t15-/m0/s1. The Hall–Kier alpha value is -4.10. The van der Waals surface area contributed by atoms with Gasteiger partial charge in [0.1, 0.15) is 24.9 Å². The van der Waals surface area contributed by atoms with E-state index in [1.165, 1.54) is 23.8 Å². The van der Waals surface area contributed by atoms with E-state index in [1.54, 1.807) is 18.2 Å². The zero-order chi connectivity index (χ0) is 25.2. The third kappa shape index (κ3) is 4.57. The summed E-state index contributed by atoms with van der Waals surface area (Å²) < 4.78 is 16.8. The molecule has 3 aromatic heterocycles. The number of hydrogen-bond acceptors (Lipinski definition) is 10. The molecule has 0 spiro atoms. The molecule has 11 nitrogen and oxygen atoms in total. The molecule has 13 heteroatoms. The van der Waals surface area contributed by atoms with Crippen molar-refractivity contribution in [1.29, 1.82) is 0 Å². The van der Waals surface area contributed by atoms with Crippen molar-refractivity contribution < 1.29 is 28.9 Å². The Morgan fingerprint density at radius 2 is 2.06 bits per heavy atom. The number of aromatic nitrogens is 3. The topological polar surface area (TPSA) is 145 Å². The van der Waals surface area contributed by atoms with Crippen LogP contribution in [0.4, 0.5) is 5.13 Å². The number of fused-ring (bicyclic) bond motifs is 1. The van der Waals surface area contributed by atoms with Crippen molar-refractivity contribution in [3.8, 4) is 28.6 Å². The minimum atomic E-state index is -1.11. The number of aromatic amines is 1. The van der Waals surface area contributed by atoms with E-state index < -0.39 is 29.5 Å². The molecule has 3 N–H and O–H groups in total. The van der Waals surface area contributed by atoms with Crippen LogP contribution < -0.4 is 20.5 Å². The fourth-order valence-corrected chi connectivity index (χ4v) is 5.19. The number of thiophene rings is 1. The number of hydrogen-bond donors (Lipinski definition) is 3. The molecule has 0 radical (unpaired) electrons. The molecule has 0 saturated carbocycles. The number of anilines is 1. The van der Waals surface area contributed by atoms with E-state index in [0.29, 0.717) is 30.3 Å². The highest BCUT2D eigenvalue weighted by Crippen LogP contribution is 2.37. The van der Waals surface area contributed by atoms with Crippen LogP contribution >= 0.6 is 22.7 Å². The van der Waals surface area contributed by atoms with Gasteiger partial charge in [0.2, 0.25) is 11.8 Å². The lowest BCUT2D eigenvalue weighted by Crippen LogP contribution is -2.33. The fraction of sp³-hybridized carbons (Fsp3) is 0.217. The average Bonchev–Trinajstić information content (AvgIpc) is 3.63. The number of aromatic hydroxyl groups is 1. The summed E-state index contributed by atoms with van der Waals surface area (Å²) in [5.41, 5.74) is 0.0207. The van der Waals surface area contributed by atoms with Crippen LogP contribution in [0.2, 0.25) is 0 Å². The van der Waals surface area contributed by atoms with Crippen molar-refractivity contribution >= 4 is 39.7 Å². The molecule has 36 heavy (non-hydrogen) atoms. The number of esters is 1. The first kappa shape index (κ1) is 23.6. The molecule has 1 atom stereocenters. The number of thiazole rings is 1. The molecular formula is C23H20N4O7S2. The van der Waals surface area contributed by atoms with Crippen LogP contribution in [0.1, 0.15) is 21.4 Å². The molecule has 0 bridgehead atoms. The molecule has 0 fully saturated rings. The lowest BCUT2D eigenvalue weighted by molar-refractivity contribution is -0.119. The second kappa shape index (κ2) is 9.87. The molecule has 4 heterocycles. The maximum absolute atomic E-state index is 13.4. The van der Waals surface area contributed by atoms with E-state index in [0.717, 1.165) is 20.8 Å². The van der Waals surface area contributed by atoms with Crippen LogP contribution in [-0.4, -0.2) is 51.8 Å². The third-order valence-corrected chi connectivity index (χ3v) is 7.11. The smallest absolute Gasteiger partial charge is 0.357 e. The van der Waals surface area contributed by atoms with Crippen molar-refractivity contribution in [1.82, 2.24) is 14.5 Å². The minimum absolute atomic E-state index is 0.0511. The van der Waals surface area contributed by atoms with E-state index in [9.17, 15) is 19.5 Å². The first-order valence-electron chi connectivity index (χ1n) is 10.7. The Morgan fingerprint density at radius 3 is 2.81 bits per heavy atom. The summed E-state index contributed by atoms with van der Waals surface area (Å²) >= 11 is 2.46. The van der Waals surface area contributed by atoms with E-state index in [1.807, 2.05) is 17.5 Å². The Morgan fingerprint density at radius 1 is 1.25 bits per heavy atom. The van der Waals surface area contributed by atoms with Crippen molar-refractivity contribution in [2.75, 3.05) is 25.6 Å². The van der Waals surface area contributed by atoms with Crippen LogP contribution in [0.25, 0.3) is 11.3 Å². The zero-order valence-corrected chi connectivity index (χ0v) is 20.5. The zero-order valence-electron chi connectivity index (χ0n) is 18.8. The van der Waals surface area contributed by atoms with Crippen LogP contribution in [-0.2, 0) is 16.0 Å². The summed E-state index contributed by atoms with van der Waals surface area (Å²) in [6, 6.07) is 7.59. The van der Waals surface area contributed by atoms with Gasteiger partial charge in [-0.25, -0.2) is 19.1 Å². The van der Waals surface area contributed by atoms with Gasteiger partial charge >= 0.3 is 11.7 Å². The van der Waals surface area contributed by atoms with Gasteiger partial charge < -0.3 is 29.6 Å². The molecule has 1 aliphatic heterocycles. The highest BCUT2D eigenvalue weighted by atomic mass is 32.1. The summed E-state index contributed by atoms with van der Waals surface area (Å²) in [5, 5.41) is 17.2. The summed E-state index contributed by atoms with van der Waals surface area (Å²) in [7, 11) is 1.23. The number of H-pyrrole nitrogens is 1. The largest absolute Gasteiger partial charge is 0.493 e. The third-order valence-electron chi connectivity index (χ3n) is 5.45. The number of rotatable bonds is 7. The van der Waals surface area contributed by atoms with E-state index >= 15 is 0 Å². The van der Waals surface area contributed by atoms with Crippen molar-refractivity contribution in [2.24, 2.45) is 0 Å². The number of methoxy groups -OCH3 is 1. The molecule has 0 unspecified atom stereocenters. The Kier molecular flexibility index (Phi) is 6.48. The summed E-state index contributed by atoms with van der Waals surface area (Å²) in [6.45, 7) is 0.821. The molecule has 1 aliphatic rings. The Balaban J connectivity index is 1.49. The molecular weight excluding hydrogens is 508 g/mol. The monoisotopic (exact) mass is 528 g/mol. The first-order valence-corrected chi connectivity index (χ1v) is 12.5. The van der Waals surface area contributed by atoms with Crippen molar-refractivity contribution in [3.05, 3.63) is 62.1 Å². The van der Waals surface area contributed by atoms with Gasteiger partial charge in [-0.05, 0) is 29.6 Å². The SMILES string of the molecule is COC(=O)c1csc(NC(=O)[C@H](Cc2cccs2)n2c(O)c(-c3ccc4c(c3)OCCO4)[nH]c2=O)n1. The summed E-state index contributed by atoms with van der Waals surface area (Å²) in [6.07, 6.45) is 0.143. The van der Waals surface area contributed by atoms with Gasteiger partial charge in [-0.2, -0.15) is 0 Å². The second-order valence-corrected chi connectivity index (χ2v) is 9.57. The van der Waals surface area contributed by atoms with Crippen LogP contribution in [0, 0.1) is 0 Å². The second-order valence-electron chi connectivity index (χ2n) is 7.68. The van der Waals surface area contributed by atoms with Gasteiger partial charge in [-0.1, -0.05) is 6.07 Å². The normalized spacial score (nSPS) is 13.2. The van der Waals surface area contributed by atoms with Gasteiger partial charge in [-0.15, -0.1) is 22.7 Å². The predicted octanol–water partition coefficient (Wildman–Crippen LogP) is 3.05. The van der Waals surface area contributed by atoms with Gasteiger partial charge in [0.25, 0.3) is 0 Å². The number of carbonyl (C=O) groups excluding carboxylic acids is 2. The number of nitrogens with zero attached hydrogens (tertiary/aromatic N) is 2. The highest BCUT2D eigenvalue weighted by Gasteiger charge is 2.29. The Bertz CT molecular complexity index is 1470. The maximum Gasteiger partial charge on any atom is 0.357 e. The van der Waals surface area contributed by atoms with Crippen molar-refractivity contribution in [2.45, 2.75) is 12.5 Å². The number of ether oxygens (including phenoxy) is 3. The van der Waals surface area contributed by atoms with Gasteiger partial charge in [0.15, 0.2) is 22.3 Å². The first-order chi connectivity index (χ1) is 17.4. The highest BCUT2D eigenvalue weighted by molar-refractivity contribution is 7.14.